The SMILES string of the molecule is CCC1CCCC(NC2CCCCC2CC)C1. The molecule has 0 aromatic rings. The van der Waals surface area contributed by atoms with Gasteiger partial charge in [0.25, 0.3) is 0 Å². The molecule has 100 valence electrons. The van der Waals surface area contributed by atoms with Gasteiger partial charge in [0, 0.05) is 12.1 Å². The molecule has 2 saturated carbocycles. The molecule has 0 saturated heterocycles. The van der Waals surface area contributed by atoms with Gasteiger partial charge in [-0.25, -0.2) is 0 Å². The fraction of sp³-hybridized carbons (Fsp3) is 1.00. The third kappa shape index (κ3) is 3.71. The fourth-order valence-corrected chi connectivity index (χ4v) is 4.03. The van der Waals surface area contributed by atoms with Crippen molar-refractivity contribution in [2.24, 2.45) is 11.8 Å². The van der Waals surface area contributed by atoms with Crippen LogP contribution in [0.2, 0.25) is 0 Å². The van der Waals surface area contributed by atoms with E-state index in [-0.39, 0.29) is 0 Å². The van der Waals surface area contributed by atoms with E-state index in [1.165, 1.54) is 64.2 Å². The second-order valence-electron chi connectivity index (χ2n) is 6.36. The van der Waals surface area contributed by atoms with E-state index >= 15 is 0 Å². The van der Waals surface area contributed by atoms with E-state index in [2.05, 4.69) is 19.2 Å². The first-order valence-corrected chi connectivity index (χ1v) is 8.09. The summed E-state index contributed by atoms with van der Waals surface area (Å²) in [4.78, 5) is 0. The second kappa shape index (κ2) is 6.78. The van der Waals surface area contributed by atoms with Crippen molar-refractivity contribution in [3.63, 3.8) is 0 Å². The molecule has 2 aliphatic carbocycles. The Labute approximate surface area is 108 Å². The summed E-state index contributed by atoms with van der Waals surface area (Å²) in [5.74, 6) is 1.97. The average molecular weight is 237 g/mol. The zero-order valence-corrected chi connectivity index (χ0v) is 11.9. The van der Waals surface area contributed by atoms with Crippen molar-refractivity contribution < 1.29 is 0 Å². The molecule has 1 heteroatoms. The molecule has 1 N–H and O–H groups in total. The van der Waals surface area contributed by atoms with E-state index < -0.39 is 0 Å². The van der Waals surface area contributed by atoms with Crippen LogP contribution in [-0.2, 0) is 0 Å². The summed E-state index contributed by atoms with van der Waals surface area (Å²) in [5, 5.41) is 4.02. The van der Waals surface area contributed by atoms with Crippen LogP contribution < -0.4 is 5.32 Å². The molecule has 0 aromatic heterocycles. The quantitative estimate of drug-likeness (QED) is 0.758. The Balaban J connectivity index is 1.81. The van der Waals surface area contributed by atoms with E-state index in [1.54, 1.807) is 0 Å². The highest BCUT2D eigenvalue weighted by atomic mass is 15.0. The molecule has 2 rings (SSSR count). The summed E-state index contributed by atoms with van der Waals surface area (Å²) in [6.07, 6.45) is 14.4. The van der Waals surface area contributed by atoms with Crippen LogP contribution >= 0.6 is 0 Å². The van der Waals surface area contributed by atoms with Gasteiger partial charge in [-0.05, 0) is 37.5 Å². The third-order valence-corrected chi connectivity index (χ3v) is 5.24. The predicted octanol–water partition coefficient (Wildman–Crippen LogP) is 4.51. The minimum absolute atomic E-state index is 0.839. The van der Waals surface area contributed by atoms with Gasteiger partial charge in [-0.2, -0.15) is 0 Å². The molecule has 2 aliphatic rings. The van der Waals surface area contributed by atoms with Crippen LogP contribution in [0.3, 0.4) is 0 Å². The van der Waals surface area contributed by atoms with Gasteiger partial charge in [-0.3, -0.25) is 0 Å². The fourth-order valence-electron chi connectivity index (χ4n) is 4.03. The van der Waals surface area contributed by atoms with Crippen molar-refractivity contribution in [1.29, 1.82) is 0 Å². The standard InChI is InChI=1S/C16H31N/c1-3-13-8-7-10-15(12-13)17-16-11-6-5-9-14(16)4-2/h13-17H,3-12H2,1-2H3. The van der Waals surface area contributed by atoms with Crippen molar-refractivity contribution in [3.8, 4) is 0 Å². The monoisotopic (exact) mass is 237 g/mol. The molecule has 0 bridgehead atoms. The molecule has 0 amide bonds. The highest BCUT2D eigenvalue weighted by Crippen LogP contribution is 2.31. The molecule has 0 aromatic carbocycles. The molecule has 0 radical (unpaired) electrons. The molecule has 0 heterocycles. The maximum atomic E-state index is 4.02. The number of hydrogen-bond acceptors (Lipinski definition) is 1. The minimum Gasteiger partial charge on any atom is -0.311 e. The first-order valence-electron chi connectivity index (χ1n) is 8.09. The van der Waals surface area contributed by atoms with Gasteiger partial charge in [0.05, 0.1) is 0 Å². The van der Waals surface area contributed by atoms with Crippen LogP contribution in [0.1, 0.15) is 78.1 Å². The van der Waals surface area contributed by atoms with E-state index in [1.807, 2.05) is 0 Å². The van der Waals surface area contributed by atoms with Crippen LogP contribution in [0.25, 0.3) is 0 Å². The lowest BCUT2D eigenvalue weighted by Crippen LogP contribution is -2.46. The molecule has 0 aliphatic heterocycles. The number of rotatable bonds is 4. The van der Waals surface area contributed by atoms with Crippen LogP contribution in [-0.4, -0.2) is 12.1 Å². The van der Waals surface area contributed by atoms with E-state index in [0.717, 1.165) is 23.9 Å². The van der Waals surface area contributed by atoms with Crippen molar-refractivity contribution in [2.45, 2.75) is 90.1 Å². The number of hydrogen-bond donors (Lipinski definition) is 1. The van der Waals surface area contributed by atoms with Crippen LogP contribution in [0.15, 0.2) is 0 Å². The third-order valence-electron chi connectivity index (χ3n) is 5.24. The van der Waals surface area contributed by atoms with Gasteiger partial charge < -0.3 is 5.32 Å². The van der Waals surface area contributed by atoms with E-state index in [9.17, 15) is 0 Å². The Kier molecular flexibility index (Phi) is 5.34. The molecule has 4 atom stereocenters. The lowest BCUT2D eigenvalue weighted by molar-refractivity contribution is 0.196. The van der Waals surface area contributed by atoms with Gasteiger partial charge in [0.15, 0.2) is 0 Å². The smallest absolute Gasteiger partial charge is 0.00978 e. The maximum absolute atomic E-state index is 4.02. The second-order valence-corrected chi connectivity index (χ2v) is 6.36. The topological polar surface area (TPSA) is 12.0 Å². The van der Waals surface area contributed by atoms with Gasteiger partial charge >= 0.3 is 0 Å². The minimum atomic E-state index is 0.839. The van der Waals surface area contributed by atoms with Crippen LogP contribution in [0.4, 0.5) is 0 Å². The van der Waals surface area contributed by atoms with E-state index in [0.29, 0.717) is 0 Å². The summed E-state index contributed by atoms with van der Waals surface area (Å²) in [5.41, 5.74) is 0. The van der Waals surface area contributed by atoms with Gasteiger partial charge in [0.1, 0.15) is 0 Å². The molecular formula is C16H31N. The van der Waals surface area contributed by atoms with Crippen molar-refractivity contribution >= 4 is 0 Å². The zero-order valence-electron chi connectivity index (χ0n) is 11.9. The van der Waals surface area contributed by atoms with Gasteiger partial charge in [-0.1, -0.05) is 52.4 Å². The van der Waals surface area contributed by atoms with E-state index in [4.69, 9.17) is 0 Å². The summed E-state index contributed by atoms with van der Waals surface area (Å²) < 4.78 is 0. The van der Waals surface area contributed by atoms with Crippen LogP contribution in [0.5, 0.6) is 0 Å². The normalized spacial score (nSPS) is 39.2. The molecule has 0 spiro atoms. The molecular weight excluding hydrogens is 206 g/mol. The Bertz CT molecular complexity index is 214. The van der Waals surface area contributed by atoms with Crippen molar-refractivity contribution in [3.05, 3.63) is 0 Å². The molecule has 17 heavy (non-hydrogen) atoms. The maximum Gasteiger partial charge on any atom is 0.00978 e. The molecule has 4 unspecified atom stereocenters. The Morgan fingerprint density at radius 3 is 2.47 bits per heavy atom. The lowest BCUT2D eigenvalue weighted by atomic mass is 9.80. The summed E-state index contributed by atoms with van der Waals surface area (Å²) in [6.45, 7) is 4.74. The zero-order chi connectivity index (χ0) is 12.1. The number of nitrogens with one attached hydrogen (secondary N) is 1. The summed E-state index contributed by atoms with van der Waals surface area (Å²) in [6, 6.07) is 1.68. The average Bonchev–Trinajstić information content (AvgIpc) is 2.39. The van der Waals surface area contributed by atoms with Gasteiger partial charge in [-0.15, -0.1) is 0 Å². The Morgan fingerprint density at radius 2 is 1.71 bits per heavy atom. The molecule has 1 nitrogen and oxygen atoms in total. The predicted molar refractivity (Wildman–Crippen MR) is 75.2 cm³/mol. The Morgan fingerprint density at radius 1 is 0.882 bits per heavy atom. The summed E-state index contributed by atoms with van der Waals surface area (Å²) >= 11 is 0. The van der Waals surface area contributed by atoms with Crippen LogP contribution in [0, 0.1) is 11.8 Å². The highest BCUT2D eigenvalue weighted by Gasteiger charge is 2.28. The lowest BCUT2D eigenvalue weighted by Gasteiger charge is -2.37. The first kappa shape index (κ1) is 13.4. The Hall–Kier alpha value is -0.0400. The largest absolute Gasteiger partial charge is 0.311 e. The summed E-state index contributed by atoms with van der Waals surface area (Å²) in [7, 11) is 0. The highest BCUT2D eigenvalue weighted by molar-refractivity contribution is 4.86. The van der Waals surface area contributed by atoms with Crippen molar-refractivity contribution in [2.75, 3.05) is 0 Å². The van der Waals surface area contributed by atoms with Gasteiger partial charge in [0.2, 0.25) is 0 Å². The molecule has 2 fully saturated rings. The first-order chi connectivity index (χ1) is 8.33. The van der Waals surface area contributed by atoms with Crippen molar-refractivity contribution in [1.82, 2.24) is 5.32 Å².